The van der Waals surface area contributed by atoms with Gasteiger partial charge in [-0.1, -0.05) is 36.8 Å². The van der Waals surface area contributed by atoms with Gasteiger partial charge in [0, 0.05) is 12.0 Å². The molecule has 1 aromatic carbocycles. The number of nitrogens with two attached hydrogens (primary N) is 1. The van der Waals surface area contributed by atoms with E-state index in [2.05, 4.69) is 63.7 Å². The number of benzene rings is 1. The van der Waals surface area contributed by atoms with Gasteiger partial charge in [-0.25, -0.2) is 0 Å². The first-order valence-electron chi connectivity index (χ1n) is 7.46. The van der Waals surface area contributed by atoms with Crippen molar-refractivity contribution in [2.75, 3.05) is 0 Å². The SMILES string of the molecule is CCn1ncc(Br)c1C(NN)C1(c2ccccc2)CCC1. The van der Waals surface area contributed by atoms with Crippen LogP contribution < -0.4 is 11.3 Å². The number of aryl methyl sites for hydroxylation is 1. The maximum atomic E-state index is 5.98. The summed E-state index contributed by atoms with van der Waals surface area (Å²) in [6.07, 6.45) is 5.39. The van der Waals surface area contributed by atoms with Crippen molar-refractivity contribution < 1.29 is 0 Å². The van der Waals surface area contributed by atoms with Gasteiger partial charge in [-0.05, 0) is 41.3 Å². The van der Waals surface area contributed by atoms with E-state index >= 15 is 0 Å². The lowest BCUT2D eigenvalue weighted by molar-refractivity contribution is 0.163. The molecule has 0 radical (unpaired) electrons. The van der Waals surface area contributed by atoms with Crippen LogP contribution >= 0.6 is 15.9 Å². The molecular formula is C16H21BrN4. The van der Waals surface area contributed by atoms with Crippen LogP contribution in [-0.4, -0.2) is 9.78 Å². The maximum absolute atomic E-state index is 5.98. The second-order valence-electron chi connectivity index (χ2n) is 5.67. The molecule has 112 valence electrons. The lowest BCUT2D eigenvalue weighted by Crippen LogP contribution is -2.49. The Morgan fingerprint density at radius 3 is 2.62 bits per heavy atom. The third kappa shape index (κ3) is 2.33. The zero-order valence-corrected chi connectivity index (χ0v) is 13.8. The summed E-state index contributed by atoms with van der Waals surface area (Å²) >= 11 is 3.64. The van der Waals surface area contributed by atoms with Gasteiger partial charge >= 0.3 is 0 Å². The predicted octanol–water partition coefficient (Wildman–Crippen LogP) is 3.29. The first kappa shape index (κ1) is 14.8. The Kier molecular flexibility index (Phi) is 4.15. The molecule has 0 aliphatic heterocycles. The van der Waals surface area contributed by atoms with E-state index < -0.39 is 0 Å². The van der Waals surface area contributed by atoms with E-state index in [4.69, 9.17) is 5.84 Å². The van der Waals surface area contributed by atoms with Crippen LogP contribution in [0.3, 0.4) is 0 Å². The molecule has 0 spiro atoms. The number of hydrogen-bond donors (Lipinski definition) is 2. The highest BCUT2D eigenvalue weighted by atomic mass is 79.9. The molecule has 1 aromatic heterocycles. The molecule has 5 heteroatoms. The zero-order chi connectivity index (χ0) is 14.9. The lowest BCUT2D eigenvalue weighted by atomic mass is 9.59. The highest BCUT2D eigenvalue weighted by Gasteiger charge is 2.47. The molecule has 2 aromatic rings. The summed E-state index contributed by atoms with van der Waals surface area (Å²) in [4.78, 5) is 0. The fourth-order valence-corrected chi connectivity index (χ4v) is 4.01. The normalized spacial score (nSPS) is 18.2. The Morgan fingerprint density at radius 2 is 2.10 bits per heavy atom. The monoisotopic (exact) mass is 348 g/mol. The molecule has 1 unspecified atom stereocenters. The van der Waals surface area contributed by atoms with Crippen LogP contribution in [0.4, 0.5) is 0 Å². The van der Waals surface area contributed by atoms with Gasteiger partial charge < -0.3 is 0 Å². The second-order valence-corrected chi connectivity index (χ2v) is 6.52. The molecular weight excluding hydrogens is 328 g/mol. The number of hydrazine groups is 1. The quantitative estimate of drug-likeness (QED) is 0.643. The topological polar surface area (TPSA) is 55.9 Å². The van der Waals surface area contributed by atoms with Crippen LogP contribution in [-0.2, 0) is 12.0 Å². The predicted molar refractivity (Wildman–Crippen MR) is 87.6 cm³/mol. The molecule has 0 saturated heterocycles. The Labute approximate surface area is 133 Å². The van der Waals surface area contributed by atoms with E-state index in [0.29, 0.717) is 0 Å². The van der Waals surface area contributed by atoms with Crippen molar-refractivity contribution in [3.05, 3.63) is 52.3 Å². The van der Waals surface area contributed by atoms with Crippen molar-refractivity contribution in [2.24, 2.45) is 5.84 Å². The molecule has 3 N–H and O–H groups in total. The van der Waals surface area contributed by atoms with Crippen molar-refractivity contribution in [1.29, 1.82) is 0 Å². The van der Waals surface area contributed by atoms with Crippen LogP contribution in [0.25, 0.3) is 0 Å². The molecule has 1 atom stereocenters. The van der Waals surface area contributed by atoms with Crippen molar-refractivity contribution in [3.63, 3.8) is 0 Å². The van der Waals surface area contributed by atoms with Gasteiger partial charge in [-0.15, -0.1) is 0 Å². The van der Waals surface area contributed by atoms with Crippen LogP contribution in [0.5, 0.6) is 0 Å². The summed E-state index contributed by atoms with van der Waals surface area (Å²) in [5.74, 6) is 5.98. The average molecular weight is 349 g/mol. The fourth-order valence-electron chi connectivity index (χ4n) is 3.48. The van der Waals surface area contributed by atoms with E-state index in [9.17, 15) is 0 Å². The van der Waals surface area contributed by atoms with Crippen LogP contribution in [0.2, 0.25) is 0 Å². The molecule has 1 fully saturated rings. The molecule has 1 saturated carbocycles. The number of rotatable bonds is 5. The first-order valence-corrected chi connectivity index (χ1v) is 8.25. The van der Waals surface area contributed by atoms with Crippen molar-refractivity contribution in [2.45, 2.75) is 44.2 Å². The Bertz CT molecular complexity index is 604. The fraction of sp³-hybridized carbons (Fsp3) is 0.438. The summed E-state index contributed by atoms with van der Waals surface area (Å²) < 4.78 is 3.05. The number of nitrogens with zero attached hydrogens (tertiary/aromatic N) is 2. The Hall–Kier alpha value is -1.17. The summed E-state index contributed by atoms with van der Waals surface area (Å²) in [5.41, 5.74) is 5.63. The van der Waals surface area contributed by atoms with Gasteiger partial charge in [0.1, 0.15) is 0 Å². The Morgan fingerprint density at radius 1 is 1.38 bits per heavy atom. The largest absolute Gasteiger partial charge is 0.271 e. The molecule has 0 bridgehead atoms. The molecule has 4 nitrogen and oxygen atoms in total. The van der Waals surface area contributed by atoms with Gasteiger partial charge in [-0.2, -0.15) is 5.10 Å². The molecule has 1 aliphatic rings. The smallest absolute Gasteiger partial charge is 0.0736 e. The van der Waals surface area contributed by atoms with E-state index in [1.54, 1.807) is 0 Å². The van der Waals surface area contributed by atoms with Gasteiger partial charge in [-0.3, -0.25) is 16.0 Å². The van der Waals surface area contributed by atoms with Gasteiger partial charge in [0.15, 0.2) is 0 Å². The number of nitrogens with one attached hydrogen (secondary N) is 1. The second kappa shape index (κ2) is 5.91. The highest BCUT2D eigenvalue weighted by Crippen LogP contribution is 2.52. The van der Waals surface area contributed by atoms with E-state index in [1.165, 1.54) is 12.0 Å². The maximum Gasteiger partial charge on any atom is 0.0736 e. The van der Waals surface area contributed by atoms with Crippen molar-refractivity contribution >= 4 is 15.9 Å². The standard InChI is InChI=1S/C16H21BrN4/c1-2-21-14(13(17)11-19-21)15(20-18)16(9-6-10-16)12-7-4-3-5-8-12/h3-5,7-8,11,15,20H,2,6,9-10,18H2,1H3. The summed E-state index contributed by atoms with van der Waals surface area (Å²) in [6.45, 7) is 2.94. The van der Waals surface area contributed by atoms with E-state index in [0.717, 1.165) is 29.6 Å². The molecule has 21 heavy (non-hydrogen) atoms. The van der Waals surface area contributed by atoms with E-state index in [-0.39, 0.29) is 11.5 Å². The van der Waals surface area contributed by atoms with Gasteiger partial charge in [0.05, 0.1) is 22.4 Å². The van der Waals surface area contributed by atoms with E-state index in [1.807, 2.05) is 10.9 Å². The van der Waals surface area contributed by atoms with Crippen molar-refractivity contribution in [1.82, 2.24) is 15.2 Å². The van der Waals surface area contributed by atoms with Crippen LogP contribution in [0.1, 0.15) is 43.5 Å². The summed E-state index contributed by atoms with van der Waals surface area (Å²) in [5, 5.41) is 4.44. The zero-order valence-electron chi connectivity index (χ0n) is 12.2. The third-order valence-corrected chi connectivity index (χ3v) is 5.33. The minimum atomic E-state index is 0.0606. The average Bonchev–Trinajstić information content (AvgIpc) is 2.84. The first-order chi connectivity index (χ1) is 10.2. The van der Waals surface area contributed by atoms with Gasteiger partial charge in [0.25, 0.3) is 0 Å². The highest BCUT2D eigenvalue weighted by molar-refractivity contribution is 9.10. The van der Waals surface area contributed by atoms with Crippen molar-refractivity contribution in [3.8, 4) is 0 Å². The minimum absolute atomic E-state index is 0.0606. The molecule has 1 aliphatic carbocycles. The number of halogens is 1. The summed E-state index contributed by atoms with van der Waals surface area (Å²) in [6, 6.07) is 10.8. The molecule has 0 amide bonds. The van der Waals surface area contributed by atoms with Crippen LogP contribution in [0, 0.1) is 0 Å². The number of hydrogen-bond acceptors (Lipinski definition) is 3. The van der Waals surface area contributed by atoms with Crippen LogP contribution in [0.15, 0.2) is 41.0 Å². The number of aromatic nitrogens is 2. The minimum Gasteiger partial charge on any atom is -0.271 e. The Balaban J connectivity index is 2.08. The molecule has 1 heterocycles. The van der Waals surface area contributed by atoms with Gasteiger partial charge in [0.2, 0.25) is 0 Å². The lowest BCUT2D eigenvalue weighted by Gasteiger charge is -2.48. The third-order valence-electron chi connectivity index (χ3n) is 4.72. The molecule has 3 rings (SSSR count). The summed E-state index contributed by atoms with van der Waals surface area (Å²) in [7, 11) is 0.